The molecule has 0 aliphatic carbocycles. The van der Waals surface area contributed by atoms with Crippen molar-refractivity contribution in [3.63, 3.8) is 0 Å². The van der Waals surface area contributed by atoms with E-state index in [1.165, 1.54) is 35.5 Å². The number of hydrogen-bond donors (Lipinski definition) is 1. The van der Waals surface area contributed by atoms with Gasteiger partial charge in [-0.3, -0.25) is 24.5 Å². The van der Waals surface area contributed by atoms with Gasteiger partial charge in [0.05, 0.1) is 22.5 Å². The van der Waals surface area contributed by atoms with E-state index in [-0.39, 0.29) is 18.4 Å². The van der Waals surface area contributed by atoms with Gasteiger partial charge in [0.25, 0.3) is 11.8 Å². The van der Waals surface area contributed by atoms with E-state index >= 15 is 0 Å². The number of fused-ring (bicyclic) bond motifs is 1. The summed E-state index contributed by atoms with van der Waals surface area (Å²) in [5, 5.41) is 7.20. The summed E-state index contributed by atoms with van der Waals surface area (Å²) in [6.07, 6.45) is 5.22. The molecule has 8 heteroatoms. The van der Waals surface area contributed by atoms with Crippen molar-refractivity contribution < 1.29 is 9.59 Å². The Morgan fingerprint density at radius 1 is 0.900 bits per heavy atom. The van der Waals surface area contributed by atoms with Gasteiger partial charge in [-0.05, 0) is 50.2 Å². The molecule has 2 aliphatic heterocycles. The molecule has 2 aromatic heterocycles. The van der Waals surface area contributed by atoms with Gasteiger partial charge in [-0.15, -0.1) is 11.3 Å². The fourth-order valence-corrected chi connectivity index (χ4v) is 5.09. The number of carbonyl (C=O) groups excluding carboxylic acids is 2. The molecule has 3 aromatic rings. The lowest BCUT2D eigenvalue weighted by Crippen LogP contribution is -2.29. The van der Waals surface area contributed by atoms with Crippen molar-refractivity contribution in [1.82, 2.24) is 25.0 Å². The zero-order valence-electron chi connectivity index (χ0n) is 16.6. The number of likely N-dealkylation sites (tertiary alicyclic amines) is 1. The number of thiophene rings is 1. The van der Waals surface area contributed by atoms with Crippen LogP contribution in [0.15, 0.2) is 36.4 Å². The van der Waals surface area contributed by atoms with Gasteiger partial charge in [0.2, 0.25) is 0 Å². The normalized spacial score (nSPS) is 17.4. The molecule has 2 amide bonds. The molecule has 1 fully saturated rings. The maximum atomic E-state index is 12.5. The second kappa shape index (κ2) is 8.12. The maximum absolute atomic E-state index is 12.5. The van der Waals surface area contributed by atoms with Gasteiger partial charge in [-0.1, -0.05) is 25.0 Å². The standard InChI is InChI=1S/C22H23N5O2S/c28-21-16-7-3-4-8-17(16)22(29)27(21)14-19-23-20(25-24-19)18-10-9-15(30-18)13-26-11-5-1-2-6-12-26/h3-4,7-10H,1-2,5-6,11-14H2,(H,23,24,25). The molecule has 1 aromatic carbocycles. The number of H-pyrrole nitrogens is 1. The summed E-state index contributed by atoms with van der Waals surface area (Å²) in [5.74, 6) is 0.532. The van der Waals surface area contributed by atoms with Crippen LogP contribution in [-0.2, 0) is 13.1 Å². The largest absolute Gasteiger partial charge is 0.298 e. The predicted molar refractivity (Wildman–Crippen MR) is 114 cm³/mol. The fourth-order valence-electron chi connectivity index (χ4n) is 4.11. The summed E-state index contributed by atoms with van der Waals surface area (Å²) < 4.78 is 0. The summed E-state index contributed by atoms with van der Waals surface area (Å²) in [5.41, 5.74) is 0.886. The molecule has 5 rings (SSSR count). The number of rotatable bonds is 5. The van der Waals surface area contributed by atoms with E-state index in [0.717, 1.165) is 24.5 Å². The molecule has 0 bridgehead atoms. The summed E-state index contributed by atoms with van der Waals surface area (Å²) in [4.78, 5) is 35.7. The third-order valence-corrected chi connectivity index (χ3v) is 6.74. The topological polar surface area (TPSA) is 82.2 Å². The number of carbonyl (C=O) groups is 2. The minimum Gasteiger partial charge on any atom is -0.298 e. The smallest absolute Gasteiger partial charge is 0.261 e. The molecule has 1 N–H and O–H groups in total. The molecule has 2 aliphatic rings. The summed E-state index contributed by atoms with van der Waals surface area (Å²) in [6.45, 7) is 3.39. The lowest BCUT2D eigenvalue weighted by Gasteiger charge is -2.18. The lowest BCUT2D eigenvalue weighted by molar-refractivity contribution is 0.0638. The van der Waals surface area contributed by atoms with Crippen molar-refractivity contribution in [2.24, 2.45) is 0 Å². The molecule has 0 unspecified atom stereocenters. The molecule has 0 spiro atoms. The monoisotopic (exact) mass is 421 g/mol. The predicted octanol–water partition coefficient (Wildman–Crippen LogP) is 3.71. The lowest BCUT2D eigenvalue weighted by atomic mass is 10.1. The van der Waals surface area contributed by atoms with Crippen LogP contribution in [0.4, 0.5) is 0 Å². The van der Waals surface area contributed by atoms with E-state index in [1.54, 1.807) is 35.6 Å². The van der Waals surface area contributed by atoms with Crippen molar-refractivity contribution in [2.45, 2.75) is 38.8 Å². The molecule has 4 heterocycles. The van der Waals surface area contributed by atoms with E-state index in [4.69, 9.17) is 0 Å². The van der Waals surface area contributed by atoms with Crippen LogP contribution in [0.2, 0.25) is 0 Å². The number of benzene rings is 1. The van der Waals surface area contributed by atoms with Gasteiger partial charge in [0.1, 0.15) is 5.82 Å². The van der Waals surface area contributed by atoms with E-state index in [0.29, 0.717) is 22.8 Å². The van der Waals surface area contributed by atoms with E-state index < -0.39 is 0 Å². The molecule has 0 radical (unpaired) electrons. The molecule has 1 saturated heterocycles. The van der Waals surface area contributed by atoms with Gasteiger partial charge in [0, 0.05) is 11.4 Å². The second-order valence-corrected chi connectivity index (χ2v) is 8.97. The minimum absolute atomic E-state index is 0.0886. The van der Waals surface area contributed by atoms with Gasteiger partial charge in [-0.2, -0.15) is 5.10 Å². The molecule has 0 atom stereocenters. The van der Waals surface area contributed by atoms with Crippen LogP contribution in [0.1, 0.15) is 57.1 Å². The molecular formula is C22H23N5O2S. The minimum atomic E-state index is -0.288. The Hall–Kier alpha value is -2.84. The fraction of sp³-hybridized carbons (Fsp3) is 0.364. The van der Waals surface area contributed by atoms with Gasteiger partial charge in [0.15, 0.2) is 5.82 Å². The van der Waals surface area contributed by atoms with Crippen LogP contribution < -0.4 is 0 Å². The first-order chi connectivity index (χ1) is 14.7. The van der Waals surface area contributed by atoms with E-state index in [1.807, 2.05) is 6.07 Å². The summed E-state index contributed by atoms with van der Waals surface area (Å²) in [7, 11) is 0. The molecule has 30 heavy (non-hydrogen) atoms. The van der Waals surface area contributed by atoms with Crippen LogP contribution in [0.5, 0.6) is 0 Å². The quantitative estimate of drug-likeness (QED) is 0.635. The Bertz CT molecular complexity index is 1050. The molecular weight excluding hydrogens is 398 g/mol. The van der Waals surface area contributed by atoms with Crippen LogP contribution in [0.25, 0.3) is 10.7 Å². The van der Waals surface area contributed by atoms with E-state index in [2.05, 4.69) is 26.1 Å². The highest BCUT2D eigenvalue weighted by Gasteiger charge is 2.35. The molecule has 0 saturated carbocycles. The number of aromatic amines is 1. The number of hydrogen-bond acceptors (Lipinski definition) is 6. The Kier molecular flexibility index (Phi) is 5.18. The highest BCUT2D eigenvalue weighted by atomic mass is 32.1. The van der Waals surface area contributed by atoms with Crippen molar-refractivity contribution in [1.29, 1.82) is 0 Å². The first kappa shape index (κ1) is 19.1. The third kappa shape index (κ3) is 3.68. The first-order valence-corrected chi connectivity index (χ1v) is 11.2. The average Bonchev–Trinajstić information content (AvgIpc) is 3.41. The summed E-state index contributed by atoms with van der Waals surface area (Å²) >= 11 is 1.70. The van der Waals surface area contributed by atoms with Gasteiger partial charge in [-0.25, -0.2) is 4.98 Å². The van der Waals surface area contributed by atoms with E-state index in [9.17, 15) is 9.59 Å². The van der Waals surface area contributed by atoms with Gasteiger partial charge < -0.3 is 0 Å². The molecule has 154 valence electrons. The van der Waals surface area contributed by atoms with Crippen molar-refractivity contribution in [3.05, 3.63) is 58.2 Å². The van der Waals surface area contributed by atoms with Crippen molar-refractivity contribution in [2.75, 3.05) is 13.1 Å². The van der Waals surface area contributed by atoms with Crippen LogP contribution in [-0.4, -0.2) is 49.9 Å². The SMILES string of the molecule is O=C1c2ccccc2C(=O)N1Cc1nc(-c2ccc(CN3CCCCCC3)s2)n[nH]1. The molecule has 7 nitrogen and oxygen atoms in total. The van der Waals surface area contributed by atoms with Crippen molar-refractivity contribution in [3.8, 4) is 10.7 Å². The Morgan fingerprint density at radius 2 is 1.60 bits per heavy atom. The maximum Gasteiger partial charge on any atom is 0.261 e. The number of imide groups is 1. The van der Waals surface area contributed by atoms with Crippen LogP contribution >= 0.6 is 11.3 Å². The van der Waals surface area contributed by atoms with Crippen LogP contribution in [0, 0.1) is 0 Å². The number of aromatic nitrogens is 3. The third-order valence-electron chi connectivity index (χ3n) is 5.68. The number of nitrogens with zero attached hydrogens (tertiary/aromatic N) is 4. The zero-order valence-corrected chi connectivity index (χ0v) is 17.5. The Balaban J connectivity index is 1.27. The number of nitrogens with one attached hydrogen (secondary N) is 1. The highest BCUT2D eigenvalue weighted by molar-refractivity contribution is 7.15. The zero-order chi connectivity index (χ0) is 20.5. The average molecular weight is 422 g/mol. The van der Waals surface area contributed by atoms with Gasteiger partial charge >= 0.3 is 0 Å². The Morgan fingerprint density at radius 3 is 2.30 bits per heavy atom. The Labute approximate surface area is 178 Å². The second-order valence-electron chi connectivity index (χ2n) is 7.80. The van der Waals surface area contributed by atoms with Crippen molar-refractivity contribution >= 4 is 23.2 Å². The number of amides is 2. The highest BCUT2D eigenvalue weighted by Crippen LogP contribution is 2.28. The summed E-state index contributed by atoms with van der Waals surface area (Å²) in [6, 6.07) is 11.1. The first-order valence-electron chi connectivity index (χ1n) is 10.4. The van der Waals surface area contributed by atoms with Crippen LogP contribution in [0.3, 0.4) is 0 Å².